The van der Waals surface area contributed by atoms with Gasteiger partial charge < -0.3 is 4.43 Å². The Morgan fingerprint density at radius 2 is 1.22 bits per heavy atom. The first kappa shape index (κ1) is 28.4. The zero-order chi connectivity index (χ0) is 27.1. The van der Waals surface area contributed by atoms with Gasteiger partial charge in [-0.05, 0) is 62.9 Å². The van der Waals surface area contributed by atoms with Gasteiger partial charge in [0.1, 0.15) is 9.52 Å². The van der Waals surface area contributed by atoms with Crippen LogP contribution in [0.3, 0.4) is 0 Å². The molecule has 37 heavy (non-hydrogen) atoms. The Balaban J connectivity index is 1.51. The molecule has 3 saturated carbocycles. The largest absolute Gasteiger partial charge is 0.407 e. The van der Waals surface area contributed by atoms with Gasteiger partial charge in [-0.25, -0.2) is 0 Å². The molecule has 3 heteroatoms. The minimum absolute atomic E-state index is 0.0379. The fourth-order valence-electron chi connectivity index (χ4n) is 8.30. The molecule has 0 radical (unpaired) electrons. The average Bonchev–Trinajstić information content (AvgIpc) is 2.78. The second-order valence-corrected chi connectivity index (χ2v) is 20.6. The molecule has 2 aromatic carbocycles. The topological polar surface area (TPSA) is 9.23 Å². The lowest BCUT2D eigenvalue weighted by molar-refractivity contribution is -0.182. The van der Waals surface area contributed by atoms with E-state index in [1.54, 1.807) is 0 Å². The first-order valence-corrected chi connectivity index (χ1v) is 17.9. The van der Waals surface area contributed by atoms with E-state index < -0.39 is 17.8 Å². The monoisotopic (exact) mass is 530 g/mol. The third-order valence-corrected chi connectivity index (χ3v) is 18.5. The highest BCUT2D eigenvalue weighted by atomic mass is 28.4. The molecule has 2 aromatic rings. The van der Waals surface area contributed by atoms with Gasteiger partial charge in [-0.1, -0.05) is 123 Å². The summed E-state index contributed by atoms with van der Waals surface area (Å²) in [6.45, 7) is 22.5. The van der Waals surface area contributed by atoms with Crippen molar-refractivity contribution >= 4 is 28.2 Å². The second kappa shape index (κ2) is 10.2. The Labute approximate surface area is 231 Å². The van der Waals surface area contributed by atoms with Crippen molar-refractivity contribution in [2.75, 3.05) is 6.61 Å². The minimum Gasteiger partial charge on any atom is -0.407 e. The van der Waals surface area contributed by atoms with Crippen molar-refractivity contribution in [3.63, 3.8) is 0 Å². The maximum atomic E-state index is 7.31. The van der Waals surface area contributed by atoms with Crippen LogP contribution in [-0.2, 0) is 4.43 Å². The van der Waals surface area contributed by atoms with E-state index in [0.717, 1.165) is 6.61 Å². The fraction of sp³-hybridized carbons (Fsp3) is 0.588. The fourth-order valence-corrected chi connectivity index (χ4v) is 15.0. The lowest BCUT2D eigenvalue weighted by atomic mass is 9.36. The van der Waals surface area contributed by atoms with Crippen molar-refractivity contribution in [2.24, 2.45) is 28.6 Å². The molecule has 200 valence electrons. The Kier molecular flexibility index (Phi) is 7.81. The van der Waals surface area contributed by atoms with Crippen LogP contribution in [0.2, 0.25) is 10.1 Å². The van der Waals surface area contributed by atoms with E-state index in [1.807, 2.05) is 0 Å². The van der Waals surface area contributed by atoms with Gasteiger partial charge in [0.15, 0.2) is 0 Å². The number of rotatable bonds is 9. The molecule has 0 aliphatic heterocycles. The van der Waals surface area contributed by atoms with E-state index in [2.05, 4.69) is 134 Å². The molecule has 0 atom stereocenters. The smallest absolute Gasteiger partial charge is 0.261 e. The summed E-state index contributed by atoms with van der Waals surface area (Å²) in [5.41, 5.74) is 4.50. The molecular weight excluding hydrogens is 481 g/mol. The Morgan fingerprint density at radius 3 is 1.59 bits per heavy atom. The van der Waals surface area contributed by atoms with Crippen LogP contribution in [-0.4, -0.2) is 24.4 Å². The molecule has 2 bridgehead atoms. The van der Waals surface area contributed by atoms with Crippen LogP contribution in [0.1, 0.15) is 81.6 Å². The second-order valence-electron chi connectivity index (χ2n) is 14.3. The number of hydrogen-bond acceptors (Lipinski definition) is 1. The first-order chi connectivity index (χ1) is 17.3. The quantitative estimate of drug-likeness (QED) is 0.251. The van der Waals surface area contributed by atoms with Gasteiger partial charge in [-0.3, -0.25) is 0 Å². The van der Waals surface area contributed by atoms with E-state index in [9.17, 15) is 0 Å². The number of benzene rings is 2. The summed E-state index contributed by atoms with van der Waals surface area (Å²) in [5.74, 6) is 5.97. The van der Waals surface area contributed by atoms with Gasteiger partial charge in [-0.15, -0.1) is 11.5 Å². The summed E-state index contributed by atoms with van der Waals surface area (Å²) < 4.78 is 7.31. The SMILES string of the molecule is CC(C)C([SiH2]C#CC12CC(CO[Si](c3ccccc3)(c3ccccc3)C(C)(C)C)(C1)C2)(C(C)C)C(C)C. The van der Waals surface area contributed by atoms with E-state index in [1.165, 1.54) is 29.6 Å². The van der Waals surface area contributed by atoms with Crippen molar-refractivity contribution in [1.29, 1.82) is 0 Å². The van der Waals surface area contributed by atoms with Crippen molar-refractivity contribution in [1.82, 2.24) is 0 Å². The predicted molar refractivity (Wildman–Crippen MR) is 166 cm³/mol. The summed E-state index contributed by atoms with van der Waals surface area (Å²) in [7, 11) is -2.94. The Morgan fingerprint density at radius 1 is 0.784 bits per heavy atom. The minimum atomic E-state index is -2.46. The highest BCUT2D eigenvalue weighted by Crippen LogP contribution is 2.73. The van der Waals surface area contributed by atoms with E-state index in [4.69, 9.17) is 4.43 Å². The molecule has 0 unspecified atom stereocenters. The highest BCUT2D eigenvalue weighted by Gasteiger charge is 2.68. The molecule has 1 nitrogen and oxygen atoms in total. The van der Waals surface area contributed by atoms with Crippen LogP contribution < -0.4 is 10.4 Å². The van der Waals surface area contributed by atoms with Crippen LogP contribution >= 0.6 is 0 Å². The van der Waals surface area contributed by atoms with E-state index in [-0.39, 0.29) is 5.04 Å². The Bertz CT molecular complexity index is 1030. The van der Waals surface area contributed by atoms with Crippen LogP contribution in [0.4, 0.5) is 0 Å². The first-order valence-electron chi connectivity index (χ1n) is 14.6. The normalized spacial score (nSPS) is 23.8. The van der Waals surface area contributed by atoms with Gasteiger partial charge in [0.25, 0.3) is 8.32 Å². The molecule has 0 amide bonds. The molecule has 3 fully saturated rings. The van der Waals surface area contributed by atoms with Gasteiger partial charge in [0, 0.05) is 12.0 Å². The number of hydrogen-bond donors (Lipinski definition) is 0. The zero-order valence-electron chi connectivity index (χ0n) is 24.9. The zero-order valence-corrected chi connectivity index (χ0v) is 27.4. The molecule has 0 heterocycles. The van der Waals surface area contributed by atoms with Crippen molar-refractivity contribution in [3.05, 3.63) is 60.7 Å². The molecule has 3 aliphatic carbocycles. The summed E-state index contributed by atoms with van der Waals surface area (Å²) in [6.07, 6.45) is 3.70. The van der Waals surface area contributed by atoms with Gasteiger partial charge >= 0.3 is 0 Å². The van der Waals surface area contributed by atoms with Crippen molar-refractivity contribution < 1.29 is 4.43 Å². The maximum absolute atomic E-state index is 7.31. The Hall–Kier alpha value is -1.61. The maximum Gasteiger partial charge on any atom is 0.261 e. The molecule has 0 saturated heterocycles. The average molecular weight is 531 g/mol. The van der Waals surface area contributed by atoms with Crippen LogP contribution in [0.5, 0.6) is 0 Å². The van der Waals surface area contributed by atoms with Crippen molar-refractivity contribution in [3.8, 4) is 11.5 Å². The van der Waals surface area contributed by atoms with Gasteiger partial charge in [0.05, 0.1) is 0 Å². The van der Waals surface area contributed by atoms with Crippen LogP contribution in [0.15, 0.2) is 60.7 Å². The predicted octanol–water partition coefficient (Wildman–Crippen LogP) is 6.99. The van der Waals surface area contributed by atoms with Crippen LogP contribution in [0, 0.1) is 40.0 Å². The highest BCUT2D eigenvalue weighted by molar-refractivity contribution is 6.99. The van der Waals surface area contributed by atoms with Gasteiger partial charge in [0.2, 0.25) is 0 Å². The third-order valence-electron chi connectivity index (χ3n) is 10.1. The summed E-state index contributed by atoms with van der Waals surface area (Å²) >= 11 is 0. The van der Waals surface area contributed by atoms with E-state index >= 15 is 0 Å². The molecule has 5 rings (SSSR count). The van der Waals surface area contributed by atoms with Crippen molar-refractivity contribution in [2.45, 2.75) is 91.7 Å². The lowest BCUT2D eigenvalue weighted by Gasteiger charge is -2.69. The van der Waals surface area contributed by atoms with Gasteiger partial charge in [-0.2, -0.15) is 0 Å². The summed E-state index contributed by atoms with van der Waals surface area (Å²) in [4.78, 5) is 0. The molecule has 0 aromatic heterocycles. The standard InChI is InChI=1S/C34H50OSi2/c1-26(2)34(27(3)4,28(5)6)36-21-20-32-22-33(23-32,24-32)25-35-37(31(7,8)9,29-16-12-10-13-17-29)30-18-14-11-15-19-30/h10-19,26-28H,22-25,36H2,1-9H3. The molecule has 0 spiro atoms. The summed E-state index contributed by atoms with van der Waals surface area (Å²) in [5, 5.41) is 3.23. The molecule has 3 aliphatic rings. The lowest BCUT2D eigenvalue weighted by Crippen LogP contribution is -2.70. The summed E-state index contributed by atoms with van der Waals surface area (Å²) in [6, 6.07) is 22.1. The molecule has 0 N–H and O–H groups in total. The molecular formula is C34H50OSi2. The third kappa shape index (κ3) is 4.84. The van der Waals surface area contributed by atoms with Crippen LogP contribution in [0.25, 0.3) is 0 Å². The van der Waals surface area contributed by atoms with E-state index in [0.29, 0.717) is 33.6 Å².